The van der Waals surface area contributed by atoms with Crippen molar-refractivity contribution in [2.75, 3.05) is 13.1 Å². The number of rotatable bonds is 10. The van der Waals surface area contributed by atoms with E-state index in [1.54, 1.807) is 0 Å². The zero-order chi connectivity index (χ0) is 18.3. The summed E-state index contributed by atoms with van der Waals surface area (Å²) in [6, 6.07) is 0. The van der Waals surface area contributed by atoms with E-state index in [0.29, 0.717) is 25.3 Å². The number of carbonyl (C=O) groups is 2. The van der Waals surface area contributed by atoms with Crippen LogP contribution in [0.1, 0.15) is 97.3 Å². The molecule has 0 bridgehead atoms. The summed E-state index contributed by atoms with van der Waals surface area (Å²) in [4.78, 5) is 23.5. The van der Waals surface area contributed by atoms with Crippen LogP contribution in [0.2, 0.25) is 0 Å². The monoisotopic (exact) mass is 352 g/mol. The summed E-state index contributed by atoms with van der Waals surface area (Å²) in [6.45, 7) is 5.74. The molecule has 4 heteroatoms. The number of nitrogens with one attached hydrogen (secondary N) is 2. The zero-order valence-electron chi connectivity index (χ0n) is 16.6. The van der Waals surface area contributed by atoms with Crippen LogP contribution < -0.4 is 10.6 Å². The third kappa shape index (κ3) is 12.9. The molecule has 1 fully saturated rings. The Bertz CT molecular complexity index is 359. The molecule has 0 aromatic heterocycles. The van der Waals surface area contributed by atoms with Crippen LogP contribution >= 0.6 is 0 Å². The molecule has 146 valence electrons. The molecule has 0 radical (unpaired) electrons. The minimum Gasteiger partial charge on any atom is -0.356 e. The lowest BCUT2D eigenvalue weighted by Crippen LogP contribution is -2.29. The van der Waals surface area contributed by atoms with E-state index < -0.39 is 0 Å². The Morgan fingerprint density at radius 2 is 1.36 bits per heavy atom. The highest BCUT2D eigenvalue weighted by Crippen LogP contribution is 2.25. The quantitative estimate of drug-likeness (QED) is 0.566. The van der Waals surface area contributed by atoms with Crippen molar-refractivity contribution < 1.29 is 9.59 Å². The van der Waals surface area contributed by atoms with E-state index >= 15 is 0 Å². The van der Waals surface area contributed by atoms with Crippen molar-refractivity contribution in [2.45, 2.75) is 97.3 Å². The third-order valence-electron chi connectivity index (χ3n) is 5.21. The molecular weight excluding hydrogens is 312 g/mol. The summed E-state index contributed by atoms with van der Waals surface area (Å²) in [5.41, 5.74) is 0. The molecule has 0 unspecified atom stereocenters. The summed E-state index contributed by atoms with van der Waals surface area (Å²) in [7, 11) is 0. The van der Waals surface area contributed by atoms with Crippen molar-refractivity contribution in [1.29, 1.82) is 0 Å². The second kappa shape index (κ2) is 14.1. The van der Waals surface area contributed by atoms with Crippen LogP contribution in [-0.2, 0) is 9.59 Å². The van der Waals surface area contributed by atoms with Crippen molar-refractivity contribution in [1.82, 2.24) is 10.6 Å². The maximum atomic E-state index is 11.8. The van der Waals surface area contributed by atoms with E-state index in [4.69, 9.17) is 0 Å². The van der Waals surface area contributed by atoms with Gasteiger partial charge in [0.2, 0.25) is 11.8 Å². The molecule has 1 aliphatic rings. The molecule has 1 saturated carbocycles. The smallest absolute Gasteiger partial charge is 0.220 e. The van der Waals surface area contributed by atoms with Gasteiger partial charge >= 0.3 is 0 Å². The van der Waals surface area contributed by atoms with Crippen LogP contribution in [0, 0.1) is 11.8 Å². The Morgan fingerprint density at radius 3 is 1.92 bits per heavy atom. The van der Waals surface area contributed by atoms with Gasteiger partial charge in [-0.1, -0.05) is 65.2 Å². The van der Waals surface area contributed by atoms with Crippen LogP contribution in [0.3, 0.4) is 0 Å². The lowest BCUT2D eigenvalue weighted by molar-refractivity contribution is -0.126. The van der Waals surface area contributed by atoms with Crippen LogP contribution in [0.15, 0.2) is 0 Å². The molecule has 0 spiro atoms. The molecule has 0 heterocycles. The fourth-order valence-electron chi connectivity index (χ4n) is 3.53. The molecule has 0 saturated heterocycles. The molecule has 0 aromatic rings. The van der Waals surface area contributed by atoms with E-state index in [-0.39, 0.29) is 11.8 Å². The molecule has 1 rings (SSSR count). The molecule has 0 aliphatic heterocycles. The fourth-order valence-corrected chi connectivity index (χ4v) is 3.53. The van der Waals surface area contributed by atoms with Crippen LogP contribution in [0.5, 0.6) is 0 Å². The maximum Gasteiger partial charge on any atom is 0.220 e. The number of hydrogen-bond donors (Lipinski definition) is 2. The minimum atomic E-state index is -0.0126. The Hall–Kier alpha value is -1.06. The highest BCUT2D eigenvalue weighted by Gasteiger charge is 2.11. The number of amides is 2. The Labute approximate surface area is 154 Å². The summed E-state index contributed by atoms with van der Waals surface area (Å²) in [5, 5.41) is 5.85. The van der Waals surface area contributed by atoms with Gasteiger partial charge in [0.05, 0.1) is 0 Å². The minimum absolute atomic E-state index is 0.00785. The van der Waals surface area contributed by atoms with Crippen molar-refractivity contribution >= 4 is 11.8 Å². The van der Waals surface area contributed by atoms with Gasteiger partial charge < -0.3 is 10.6 Å². The predicted octanol–water partition coefficient (Wildman–Crippen LogP) is 4.58. The lowest BCUT2D eigenvalue weighted by atomic mass is 9.92. The van der Waals surface area contributed by atoms with Crippen LogP contribution in [-0.4, -0.2) is 24.9 Å². The van der Waals surface area contributed by atoms with E-state index in [1.807, 2.05) is 0 Å². The molecule has 1 aliphatic carbocycles. The molecule has 4 nitrogen and oxygen atoms in total. The zero-order valence-corrected chi connectivity index (χ0v) is 16.6. The maximum absolute atomic E-state index is 11.8. The predicted molar refractivity (Wildman–Crippen MR) is 104 cm³/mol. The van der Waals surface area contributed by atoms with Gasteiger partial charge in [0.15, 0.2) is 0 Å². The van der Waals surface area contributed by atoms with E-state index in [2.05, 4.69) is 24.5 Å². The first kappa shape index (κ1) is 22.0. The summed E-state index contributed by atoms with van der Waals surface area (Å²) >= 11 is 0. The first-order valence-electron chi connectivity index (χ1n) is 10.6. The fraction of sp³-hybridized carbons (Fsp3) is 0.905. The van der Waals surface area contributed by atoms with Gasteiger partial charge in [-0.3, -0.25) is 9.59 Å². The summed E-state index contributed by atoms with van der Waals surface area (Å²) in [6.07, 6.45) is 15.0. The highest BCUT2D eigenvalue weighted by atomic mass is 16.2. The van der Waals surface area contributed by atoms with Crippen LogP contribution in [0.25, 0.3) is 0 Å². The van der Waals surface area contributed by atoms with Crippen molar-refractivity contribution in [2.24, 2.45) is 11.8 Å². The largest absolute Gasteiger partial charge is 0.356 e. The van der Waals surface area contributed by atoms with E-state index in [9.17, 15) is 9.59 Å². The van der Waals surface area contributed by atoms with Gasteiger partial charge in [0.1, 0.15) is 0 Å². The second-order valence-corrected chi connectivity index (χ2v) is 8.09. The standard InChI is InChI=1S/C21H40N2O2/c1-18(2)15-17-23-21(25)14-13-20(24)22-16-9-12-19-10-7-5-3-4-6-8-11-19/h18-19H,3-17H2,1-2H3,(H,22,24)(H,23,25). The molecule has 2 amide bonds. The normalized spacial score (nSPS) is 16.8. The van der Waals surface area contributed by atoms with Gasteiger partial charge in [-0.15, -0.1) is 0 Å². The molecule has 2 N–H and O–H groups in total. The van der Waals surface area contributed by atoms with Gasteiger partial charge in [-0.2, -0.15) is 0 Å². The molecule has 25 heavy (non-hydrogen) atoms. The van der Waals surface area contributed by atoms with Gasteiger partial charge in [0.25, 0.3) is 0 Å². The lowest BCUT2D eigenvalue weighted by Gasteiger charge is -2.15. The average Bonchev–Trinajstić information content (AvgIpc) is 2.70. The summed E-state index contributed by atoms with van der Waals surface area (Å²) in [5.74, 6) is 1.43. The van der Waals surface area contributed by atoms with Gasteiger partial charge in [-0.25, -0.2) is 0 Å². The molecule has 0 atom stereocenters. The van der Waals surface area contributed by atoms with Gasteiger partial charge in [-0.05, 0) is 31.1 Å². The van der Waals surface area contributed by atoms with Gasteiger partial charge in [0, 0.05) is 25.9 Å². The van der Waals surface area contributed by atoms with Crippen molar-refractivity contribution in [3.63, 3.8) is 0 Å². The summed E-state index contributed by atoms with van der Waals surface area (Å²) < 4.78 is 0. The van der Waals surface area contributed by atoms with Crippen molar-refractivity contribution in [3.05, 3.63) is 0 Å². The molecule has 0 aromatic carbocycles. The first-order chi connectivity index (χ1) is 12.1. The van der Waals surface area contributed by atoms with Crippen molar-refractivity contribution in [3.8, 4) is 0 Å². The SMILES string of the molecule is CC(C)CCNC(=O)CCC(=O)NCCCC1CCCCCCCC1. The Balaban J connectivity index is 2.02. The van der Waals surface area contributed by atoms with E-state index in [1.165, 1.54) is 57.8 Å². The number of carbonyl (C=O) groups excluding carboxylic acids is 2. The third-order valence-corrected chi connectivity index (χ3v) is 5.21. The Kier molecular flexibility index (Phi) is 12.4. The van der Waals surface area contributed by atoms with Crippen LogP contribution in [0.4, 0.5) is 0 Å². The average molecular weight is 353 g/mol. The highest BCUT2D eigenvalue weighted by molar-refractivity contribution is 5.83. The van der Waals surface area contributed by atoms with E-state index in [0.717, 1.165) is 25.3 Å². The second-order valence-electron chi connectivity index (χ2n) is 8.09. The first-order valence-corrected chi connectivity index (χ1v) is 10.6. The molecular formula is C21H40N2O2. The number of hydrogen-bond acceptors (Lipinski definition) is 2. The Morgan fingerprint density at radius 1 is 0.840 bits per heavy atom. The topological polar surface area (TPSA) is 58.2 Å².